The third kappa shape index (κ3) is 4.45. The smallest absolute Gasteiger partial charge is 0.339 e. The number of urea groups is 1. The average molecular weight is 443 g/mol. The Morgan fingerprint density at radius 3 is 2.21 bits per heavy atom. The van der Waals surface area contributed by atoms with E-state index in [1.54, 1.807) is 67.6 Å². The lowest BCUT2D eigenvalue weighted by molar-refractivity contribution is -0.139. The molecule has 33 heavy (non-hydrogen) atoms. The molecule has 1 aliphatic rings. The Morgan fingerprint density at radius 1 is 0.848 bits per heavy atom. The van der Waals surface area contributed by atoms with Crippen LogP contribution in [0.15, 0.2) is 78.9 Å². The highest BCUT2D eigenvalue weighted by Crippen LogP contribution is 2.32. The molecule has 4 rings (SSSR count). The predicted molar refractivity (Wildman–Crippen MR) is 122 cm³/mol. The van der Waals surface area contributed by atoms with Crippen LogP contribution in [0.5, 0.6) is 5.75 Å². The van der Waals surface area contributed by atoms with Gasteiger partial charge in [-0.15, -0.1) is 0 Å². The summed E-state index contributed by atoms with van der Waals surface area (Å²) in [5.41, 5.74) is 1.91. The fraction of sp³-hybridized carbons (Fsp3) is 0.120. The third-order valence-corrected chi connectivity index (χ3v) is 5.05. The first-order valence-corrected chi connectivity index (χ1v) is 10.4. The maximum atomic E-state index is 13.0. The number of carbonyl (C=O) groups is 4. The normalized spacial score (nSPS) is 13.4. The van der Waals surface area contributed by atoms with E-state index < -0.39 is 17.8 Å². The summed E-state index contributed by atoms with van der Waals surface area (Å²) in [7, 11) is 0. The van der Waals surface area contributed by atoms with E-state index in [1.165, 1.54) is 0 Å². The maximum Gasteiger partial charge on any atom is 0.339 e. The number of rotatable bonds is 7. The number of anilines is 2. The van der Waals surface area contributed by atoms with E-state index in [2.05, 4.69) is 5.32 Å². The van der Waals surface area contributed by atoms with Gasteiger partial charge >= 0.3 is 17.8 Å². The quantitative estimate of drug-likeness (QED) is 0.442. The molecule has 0 aromatic heterocycles. The Bertz CT molecular complexity index is 1210. The Kier molecular flexibility index (Phi) is 6.17. The molecule has 1 N–H and O–H groups in total. The summed E-state index contributed by atoms with van der Waals surface area (Å²) in [6.07, 6.45) is 0. The van der Waals surface area contributed by atoms with E-state index in [0.29, 0.717) is 29.2 Å². The van der Waals surface area contributed by atoms with E-state index in [0.717, 1.165) is 9.80 Å². The van der Waals surface area contributed by atoms with E-state index in [4.69, 9.17) is 4.74 Å². The summed E-state index contributed by atoms with van der Waals surface area (Å²) < 4.78 is 5.50. The Balaban J connectivity index is 1.49. The molecule has 3 aromatic carbocycles. The molecule has 1 aliphatic heterocycles. The van der Waals surface area contributed by atoms with Gasteiger partial charge in [0.15, 0.2) is 0 Å². The van der Waals surface area contributed by atoms with Gasteiger partial charge in [0.1, 0.15) is 5.75 Å². The van der Waals surface area contributed by atoms with E-state index in [1.807, 2.05) is 18.2 Å². The van der Waals surface area contributed by atoms with Gasteiger partial charge in [-0.3, -0.25) is 19.3 Å². The van der Waals surface area contributed by atoms with Crippen molar-refractivity contribution < 1.29 is 23.9 Å². The minimum atomic E-state index is -0.939. The second kappa shape index (κ2) is 9.35. The highest BCUT2D eigenvalue weighted by Gasteiger charge is 2.46. The van der Waals surface area contributed by atoms with Gasteiger partial charge in [0.05, 0.1) is 18.8 Å². The minimum absolute atomic E-state index is 0.0999. The number of para-hydroxylation sites is 3. The molecule has 1 fully saturated rings. The van der Waals surface area contributed by atoms with Crippen LogP contribution in [0.2, 0.25) is 0 Å². The minimum Gasteiger partial charge on any atom is -0.492 e. The molecule has 1 saturated heterocycles. The van der Waals surface area contributed by atoms with Crippen LogP contribution in [0.4, 0.5) is 16.2 Å². The number of carbonyl (C=O) groups excluding carboxylic acids is 4. The van der Waals surface area contributed by atoms with Gasteiger partial charge in [0.25, 0.3) is 5.91 Å². The van der Waals surface area contributed by atoms with Crippen LogP contribution in [0, 0.1) is 0 Å². The monoisotopic (exact) mass is 443 g/mol. The number of hydrogen-bond acceptors (Lipinski definition) is 5. The van der Waals surface area contributed by atoms with Gasteiger partial charge in [-0.2, -0.15) is 0 Å². The van der Waals surface area contributed by atoms with Gasteiger partial charge in [0.2, 0.25) is 0 Å². The van der Waals surface area contributed by atoms with Crippen molar-refractivity contribution in [3.8, 4) is 5.75 Å². The summed E-state index contributed by atoms with van der Waals surface area (Å²) in [4.78, 5) is 52.2. The molecule has 8 heteroatoms. The molecule has 3 aromatic rings. The van der Waals surface area contributed by atoms with Gasteiger partial charge < -0.3 is 10.1 Å². The maximum absolute atomic E-state index is 13.0. The van der Waals surface area contributed by atoms with Gasteiger partial charge in [-0.25, -0.2) is 9.69 Å². The lowest BCUT2D eigenvalue weighted by Gasteiger charge is -2.18. The molecule has 0 spiro atoms. The van der Waals surface area contributed by atoms with E-state index in [-0.39, 0.29) is 18.1 Å². The Morgan fingerprint density at radius 2 is 1.52 bits per heavy atom. The van der Waals surface area contributed by atoms with Crippen LogP contribution in [0.3, 0.4) is 0 Å². The zero-order valence-electron chi connectivity index (χ0n) is 17.9. The van der Waals surface area contributed by atoms with Crippen molar-refractivity contribution in [3.63, 3.8) is 0 Å². The predicted octanol–water partition coefficient (Wildman–Crippen LogP) is 3.83. The number of amides is 5. The molecular formula is C25H21N3O5. The van der Waals surface area contributed by atoms with Crippen LogP contribution in [0.25, 0.3) is 0 Å². The third-order valence-electron chi connectivity index (χ3n) is 5.05. The summed E-state index contributed by atoms with van der Waals surface area (Å²) in [5, 5.41) is 2.79. The first kappa shape index (κ1) is 21.8. The van der Waals surface area contributed by atoms with E-state index in [9.17, 15) is 19.2 Å². The van der Waals surface area contributed by atoms with Crippen LogP contribution in [0.1, 0.15) is 22.8 Å². The molecular weight excluding hydrogens is 422 g/mol. The van der Waals surface area contributed by atoms with Crippen molar-refractivity contribution in [2.75, 3.05) is 16.8 Å². The largest absolute Gasteiger partial charge is 0.492 e. The van der Waals surface area contributed by atoms with Crippen molar-refractivity contribution in [1.29, 1.82) is 0 Å². The number of hydrogen-bond donors (Lipinski definition) is 1. The Hall–Kier alpha value is -4.46. The first-order chi connectivity index (χ1) is 16.0. The SMILES string of the molecule is CCOc1ccccc1N1C(=O)C(=O)N(Cc2ccc(C(=O)Nc3ccccc3)cc2)C1=O. The lowest BCUT2D eigenvalue weighted by Crippen LogP contribution is -2.33. The molecule has 5 amide bonds. The number of nitrogens with zero attached hydrogens (tertiary/aromatic N) is 2. The number of benzene rings is 3. The second-order valence-electron chi connectivity index (χ2n) is 7.23. The molecule has 8 nitrogen and oxygen atoms in total. The van der Waals surface area contributed by atoms with Crippen LogP contribution in [-0.2, 0) is 16.1 Å². The molecule has 0 aliphatic carbocycles. The zero-order chi connectivity index (χ0) is 23.4. The summed E-state index contributed by atoms with van der Waals surface area (Å²) >= 11 is 0. The van der Waals surface area contributed by atoms with E-state index >= 15 is 0 Å². The fourth-order valence-electron chi connectivity index (χ4n) is 3.45. The number of ether oxygens (including phenoxy) is 1. The fourth-order valence-corrected chi connectivity index (χ4v) is 3.45. The first-order valence-electron chi connectivity index (χ1n) is 10.4. The van der Waals surface area contributed by atoms with Crippen molar-refractivity contribution in [2.45, 2.75) is 13.5 Å². The van der Waals surface area contributed by atoms with Crippen molar-refractivity contribution in [2.24, 2.45) is 0 Å². The average Bonchev–Trinajstić information content (AvgIpc) is 3.04. The zero-order valence-corrected chi connectivity index (χ0v) is 17.9. The van der Waals surface area contributed by atoms with Gasteiger partial charge in [-0.1, -0.05) is 42.5 Å². The topological polar surface area (TPSA) is 96.0 Å². The Labute approximate surface area is 190 Å². The number of imide groups is 2. The lowest BCUT2D eigenvalue weighted by atomic mass is 10.1. The summed E-state index contributed by atoms with van der Waals surface area (Å²) in [6, 6.07) is 21.3. The molecule has 0 bridgehead atoms. The van der Waals surface area contributed by atoms with Crippen LogP contribution >= 0.6 is 0 Å². The molecule has 0 atom stereocenters. The molecule has 0 saturated carbocycles. The molecule has 1 heterocycles. The highest BCUT2D eigenvalue weighted by atomic mass is 16.5. The molecule has 0 radical (unpaired) electrons. The van der Waals surface area contributed by atoms with Crippen LogP contribution < -0.4 is 15.0 Å². The summed E-state index contributed by atoms with van der Waals surface area (Å²) in [6.45, 7) is 2.03. The van der Waals surface area contributed by atoms with Crippen molar-refractivity contribution in [3.05, 3.63) is 90.0 Å². The van der Waals surface area contributed by atoms with Gasteiger partial charge in [-0.05, 0) is 48.9 Å². The van der Waals surface area contributed by atoms with Crippen LogP contribution in [-0.4, -0.2) is 35.3 Å². The van der Waals surface area contributed by atoms with Crippen molar-refractivity contribution in [1.82, 2.24) is 4.90 Å². The second-order valence-corrected chi connectivity index (χ2v) is 7.23. The highest BCUT2D eigenvalue weighted by molar-refractivity contribution is 6.52. The van der Waals surface area contributed by atoms with Gasteiger partial charge in [0, 0.05) is 11.3 Å². The summed E-state index contributed by atoms with van der Waals surface area (Å²) in [5.74, 6) is -1.80. The number of nitrogens with one attached hydrogen (secondary N) is 1. The standard InChI is InChI=1S/C25H21N3O5/c1-2-33-21-11-7-6-10-20(21)28-24(31)23(30)27(25(28)32)16-17-12-14-18(15-13-17)22(29)26-19-8-4-3-5-9-19/h3-15H,2,16H2,1H3,(H,26,29). The molecule has 0 unspecified atom stereocenters. The van der Waals surface area contributed by atoms with Crippen molar-refractivity contribution >= 4 is 35.1 Å². The molecule has 166 valence electrons.